The van der Waals surface area contributed by atoms with Gasteiger partial charge >= 0.3 is 5.97 Å². The van der Waals surface area contributed by atoms with Gasteiger partial charge in [0.05, 0.1) is 12.5 Å². The van der Waals surface area contributed by atoms with Crippen molar-refractivity contribution in [2.75, 3.05) is 12.0 Å². The predicted molar refractivity (Wildman–Crippen MR) is 115 cm³/mol. The molecular formula is C18H33N5O7S. The average molecular weight is 464 g/mol. The number of amides is 4. The van der Waals surface area contributed by atoms with Crippen LogP contribution in [0.3, 0.4) is 0 Å². The molecule has 12 nitrogen and oxygen atoms in total. The summed E-state index contributed by atoms with van der Waals surface area (Å²) in [7, 11) is 0. The molecule has 0 aliphatic carbocycles. The first kappa shape index (κ1) is 28.6. The Bertz CT molecular complexity index is 659. The molecular weight excluding hydrogens is 430 g/mol. The summed E-state index contributed by atoms with van der Waals surface area (Å²) in [5.41, 5.74) is 10.7. The first-order chi connectivity index (χ1) is 14.3. The fourth-order valence-corrected chi connectivity index (χ4v) is 2.91. The minimum atomic E-state index is -1.44. The zero-order chi connectivity index (χ0) is 24.3. The molecule has 0 aliphatic rings. The van der Waals surface area contributed by atoms with Gasteiger partial charge in [-0.05, 0) is 31.3 Å². The van der Waals surface area contributed by atoms with Crippen LogP contribution in [0.15, 0.2) is 0 Å². The Kier molecular flexibility index (Phi) is 12.8. The van der Waals surface area contributed by atoms with Crippen molar-refractivity contribution in [3.05, 3.63) is 0 Å². The zero-order valence-electron chi connectivity index (χ0n) is 18.1. The van der Waals surface area contributed by atoms with Crippen LogP contribution >= 0.6 is 11.8 Å². The maximum atomic E-state index is 12.7. The van der Waals surface area contributed by atoms with E-state index in [1.54, 1.807) is 20.1 Å². The van der Waals surface area contributed by atoms with Crippen molar-refractivity contribution in [1.29, 1.82) is 0 Å². The number of rotatable bonds is 14. The SMILES string of the molecule is CSCCC(NC(=O)C(N)C(C)O)C(=O)NC(CC(N)=O)C(=O)NC(C(=O)O)C(C)C. The van der Waals surface area contributed by atoms with Crippen LogP contribution in [0.1, 0.15) is 33.6 Å². The van der Waals surface area contributed by atoms with Crippen LogP contribution in [0.5, 0.6) is 0 Å². The van der Waals surface area contributed by atoms with Crippen LogP contribution in [0.25, 0.3) is 0 Å². The summed E-state index contributed by atoms with van der Waals surface area (Å²) in [5, 5.41) is 25.7. The third-order valence-corrected chi connectivity index (χ3v) is 4.98. The zero-order valence-corrected chi connectivity index (χ0v) is 18.9. The van der Waals surface area contributed by atoms with Crippen LogP contribution in [-0.2, 0) is 24.0 Å². The summed E-state index contributed by atoms with van der Waals surface area (Å²) in [6.45, 7) is 4.49. The molecule has 0 saturated carbocycles. The van der Waals surface area contributed by atoms with Gasteiger partial charge < -0.3 is 37.6 Å². The second kappa shape index (κ2) is 13.8. The molecule has 178 valence electrons. The molecule has 0 saturated heterocycles. The summed E-state index contributed by atoms with van der Waals surface area (Å²) in [6, 6.07) is -5.05. The van der Waals surface area contributed by atoms with E-state index in [2.05, 4.69) is 16.0 Å². The minimum Gasteiger partial charge on any atom is -0.480 e. The lowest BCUT2D eigenvalue weighted by molar-refractivity contribution is -0.143. The molecule has 0 radical (unpaired) electrons. The molecule has 5 atom stereocenters. The molecule has 9 N–H and O–H groups in total. The van der Waals surface area contributed by atoms with Crippen LogP contribution < -0.4 is 27.4 Å². The van der Waals surface area contributed by atoms with E-state index in [1.807, 2.05) is 0 Å². The fraction of sp³-hybridized carbons (Fsp3) is 0.722. The van der Waals surface area contributed by atoms with Gasteiger partial charge in [-0.15, -0.1) is 0 Å². The van der Waals surface area contributed by atoms with E-state index in [4.69, 9.17) is 11.5 Å². The lowest BCUT2D eigenvalue weighted by Crippen LogP contribution is -2.59. The molecule has 0 aliphatic heterocycles. The van der Waals surface area contributed by atoms with Gasteiger partial charge in [0.25, 0.3) is 0 Å². The number of primary amides is 1. The van der Waals surface area contributed by atoms with E-state index in [9.17, 15) is 34.2 Å². The monoisotopic (exact) mass is 463 g/mol. The molecule has 4 amide bonds. The van der Waals surface area contributed by atoms with Crippen LogP contribution in [0.4, 0.5) is 0 Å². The summed E-state index contributed by atoms with van der Waals surface area (Å²) < 4.78 is 0. The number of aliphatic carboxylic acids is 1. The Labute approximate surface area is 185 Å². The first-order valence-electron chi connectivity index (χ1n) is 9.66. The Balaban J connectivity index is 5.48. The quantitative estimate of drug-likeness (QED) is 0.145. The van der Waals surface area contributed by atoms with Crippen molar-refractivity contribution in [3.63, 3.8) is 0 Å². The van der Waals surface area contributed by atoms with Crippen molar-refractivity contribution in [2.24, 2.45) is 17.4 Å². The van der Waals surface area contributed by atoms with E-state index in [0.29, 0.717) is 5.75 Å². The highest BCUT2D eigenvalue weighted by Crippen LogP contribution is 2.06. The van der Waals surface area contributed by atoms with Gasteiger partial charge in [0.15, 0.2) is 0 Å². The predicted octanol–water partition coefficient (Wildman–Crippen LogP) is -2.48. The van der Waals surface area contributed by atoms with Crippen molar-refractivity contribution in [1.82, 2.24) is 16.0 Å². The maximum absolute atomic E-state index is 12.7. The lowest BCUT2D eigenvalue weighted by Gasteiger charge is -2.25. The number of nitrogens with one attached hydrogen (secondary N) is 3. The van der Waals surface area contributed by atoms with Crippen LogP contribution in [0, 0.1) is 5.92 Å². The number of hydrogen-bond donors (Lipinski definition) is 7. The lowest BCUT2D eigenvalue weighted by atomic mass is 10.0. The Morgan fingerprint density at radius 2 is 1.45 bits per heavy atom. The molecule has 0 aromatic carbocycles. The molecule has 0 heterocycles. The summed E-state index contributed by atoms with van der Waals surface area (Å²) in [4.78, 5) is 60.2. The molecule has 0 fully saturated rings. The molecule has 0 rings (SSSR count). The highest BCUT2D eigenvalue weighted by molar-refractivity contribution is 7.98. The summed E-state index contributed by atoms with van der Waals surface area (Å²) in [6.07, 6.45) is 0.249. The number of thioether (sulfide) groups is 1. The van der Waals surface area contributed by atoms with E-state index >= 15 is 0 Å². The number of carboxylic acid groups (broad SMARTS) is 1. The molecule has 31 heavy (non-hydrogen) atoms. The van der Waals surface area contributed by atoms with Crippen molar-refractivity contribution in [3.8, 4) is 0 Å². The van der Waals surface area contributed by atoms with Gasteiger partial charge in [0.1, 0.15) is 24.2 Å². The third-order valence-electron chi connectivity index (χ3n) is 4.33. The fourth-order valence-electron chi connectivity index (χ4n) is 2.44. The first-order valence-corrected chi connectivity index (χ1v) is 11.1. The Morgan fingerprint density at radius 1 is 0.935 bits per heavy atom. The Hall–Kier alpha value is -2.38. The van der Waals surface area contributed by atoms with Gasteiger partial charge in [-0.2, -0.15) is 11.8 Å². The highest BCUT2D eigenvalue weighted by Gasteiger charge is 2.32. The molecule has 0 spiro atoms. The smallest absolute Gasteiger partial charge is 0.326 e. The largest absolute Gasteiger partial charge is 0.480 e. The number of carbonyl (C=O) groups is 5. The number of nitrogens with two attached hydrogens (primary N) is 2. The van der Waals surface area contributed by atoms with Crippen molar-refractivity contribution >= 4 is 41.4 Å². The van der Waals surface area contributed by atoms with Crippen molar-refractivity contribution < 1.29 is 34.2 Å². The van der Waals surface area contributed by atoms with E-state index in [1.165, 1.54) is 18.7 Å². The number of aliphatic hydroxyl groups excluding tert-OH is 1. The third kappa shape index (κ3) is 10.5. The van der Waals surface area contributed by atoms with Gasteiger partial charge in [-0.1, -0.05) is 13.8 Å². The number of aliphatic hydroxyl groups is 1. The number of carboxylic acids is 1. The minimum absolute atomic E-state index is 0.180. The van der Waals surface area contributed by atoms with Gasteiger partial charge in [0, 0.05) is 0 Å². The Morgan fingerprint density at radius 3 is 1.87 bits per heavy atom. The van der Waals surface area contributed by atoms with Gasteiger partial charge in [0.2, 0.25) is 23.6 Å². The standard InChI is InChI=1S/C18H33N5O7S/c1-8(2)14(18(29)30)23-16(27)11(7-12(19)25)22-15(26)10(5-6-31-4)21-17(28)13(20)9(3)24/h8-11,13-14,24H,5-7,20H2,1-4H3,(H2,19,25)(H,21,28)(H,22,26)(H,23,27)(H,29,30). The number of carbonyl (C=O) groups excluding carboxylic acids is 4. The summed E-state index contributed by atoms with van der Waals surface area (Å²) >= 11 is 1.41. The maximum Gasteiger partial charge on any atom is 0.326 e. The van der Waals surface area contributed by atoms with Gasteiger partial charge in [-0.25, -0.2) is 4.79 Å². The van der Waals surface area contributed by atoms with E-state index in [-0.39, 0.29) is 6.42 Å². The van der Waals surface area contributed by atoms with Crippen LogP contribution in [0.2, 0.25) is 0 Å². The molecule has 13 heteroatoms. The molecule has 0 bridgehead atoms. The molecule has 5 unspecified atom stereocenters. The molecule has 0 aromatic rings. The topological polar surface area (TPSA) is 214 Å². The van der Waals surface area contributed by atoms with E-state index < -0.39 is 72.2 Å². The summed E-state index contributed by atoms with van der Waals surface area (Å²) in [5.74, 6) is -4.59. The average Bonchev–Trinajstić information content (AvgIpc) is 2.66. The highest BCUT2D eigenvalue weighted by atomic mass is 32.2. The van der Waals surface area contributed by atoms with Crippen molar-refractivity contribution in [2.45, 2.75) is 63.9 Å². The van der Waals surface area contributed by atoms with Crippen LogP contribution in [-0.4, -0.2) is 82.1 Å². The second-order valence-electron chi connectivity index (χ2n) is 7.41. The van der Waals surface area contributed by atoms with E-state index in [0.717, 1.165) is 0 Å². The normalized spacial score (nSPS) is 15.8. The molecule has 0 aromatic heterocycles. The second-order valence-corrected chi connectivity index (χ2v) is 8.39. The number of hydrogen-bond acceptors (Lipinski definition) is 8. The van der Waals surface area contributed by atoms with Gasteiger partial charge in [-0.3, -0.25) is 19.2 Å².